The summed E-state index contributed by atoms with van der Waals surface area (Å²) in [5, 5.41) is 0. The molecule has 0 N–H and O–H groups in total. The Kier molecular flexibility index (Phi) is 4.86. The lowest BCUT2D eigenvalue weighted by Gasteiger charge is -2.47. The van der Waals surface area contributed by atoms with E-state index in [9.17, 15) is 9.59 Å². The molecular formula is C18H25N5O4. The average Bonchev–Trinajstić information content (AvgIpc) is 3.07. The summed E-state index contributed by atoms with van der Waals surface area (Å²) < 4.78 is 11.1. The average molecular weight is 375 g/mol. The van der Waals surface area contributed by atoms with Gasteiger partial charge in [-0.3, -0.25) is 14.7 Å². The van der Waals surface area contributed by atoms with Crippen LogP contribution in [0.15, 0.2) is 12.4 Å². The van der Waals surface area contributed by atoms with Crippen molar-refractivity contribution in [3.63, 3.8) is 0 Å². The predicted molar refractivity (Wildman–Crippen MR) is 96.4 cm³/mol. The van der Waals surface area contributed by atoms with Crippen LogP contribution in [-0.4, -0.2) is 89.9 Å². The third-order valence-electron chi connectivity index (χ3n) is 5.60. The number of cyclic esters (lactones) is 1. The molecule has 3 aliphatic rings. The van der Waals surface area contributed by atoms with Crippen molar-refractivity contribution in [3.05, 3.63) is 18.1 Å². The van der Waals surface area contributed by atoms with Crippen molar-refractivity contribution in [3.8, 4) is 0 Å². The third kappa shape index (κ3) is 3.69. The Morgan fingerprint density at radius 2 is 1.93 bits per heavy atom. The number of likely N-dealkylation sites (tertiary alicyclic amines) is 1. The predicted octanol–water partition coefficient (Wildman–Crippen LogP) is 0.435. The first-order valence-electron chi connectivity index (χ1n) is 9.42. The highest BCUT2D eigenvalue weighted by Gasteiger charge is 2.41. The minimum atomic E-state index is -0.401. The number of carbonyl (C=O) groups excluding carboxylic acids is 2. The molecule has 0 saturated carbocycles. The number of aryl methyl sites for hydroxylation is 1. The summed E-state index contributed by atoms with van der Waals surface area (Å²) >= 11 is 0. The van der Waals surface area contributed by atoms with Crippen LogP contribution in [0.1, 0.15) is 18.5 Å². The summed E-state index contributed by atoms with van der Waals surface area (Å²) in [5.74, 6) is 0.882. The summed E-state index contributed by atoms with van der Waals surface area (Å²) in [5.41, 5.74) is 0.658. The van der Waals surface area contributed by atoms with Crippen molar-refractivity contribution in [2.24, 2.45) is 0 Å². The van der Waals surface area contributed by atoms with Crippen molar-refractivity contribution >= 4 is 17.8 Å². The van der Waals surface area contributed by atoms with E-state index in [1.54, 1.807) is 12.4 Å². The Morgan fingerprint density at radius 3 is 2.63 bits per heavy atom. The van der Waals surface area contributed by atoms with Crippen molar-refractivity contribution in [1.29, 1.82) is 0 Å². The topological polar surface area (TPSA) is 88.1 Å². The molecule has 3 saturated heterocycles. The number of anilines is 1. The molecular weight excluding hydrogens is 350 g/mol. The molecule has 4 rings (SSSR count). The van der Waals surface area contributed by atoms with Crippen LogP contribution >= 0.6 is 0 Å². The van der Waals surface area contributed by atoms with Gasteiger partial charge in [-0.15, -0.1) is 0 Å². The maximum atomic E-state index is 12.5. The van der Waals surface area contributed by atoms with Gasteiger partial charge in [0.2, 0.25) is 5.91 Å². The molecule has 3 aliphatic heterocycles. The molecule has 27 heavy (non-hydrogen) atoms. The molecule has 0 aliphatic carbocycles. The Bertz CT molecular complexity index is 719. The lowest BCUT2D eigenvalue weighted by Crippen LogP contribution is -2.58. The number of nitrogens with zero attached hydrogens (tertiary/aromatic N) is 5. The van der Waals surface area contributed by atoms with Gasteiger partial charge in [0.15, 0.2) is 0 Å². The van der Waals surface area contributed by atoms with Gasteiger partial charge in [0.1, 0.15) is 19.0 Å². The van der Waals surface area contributed by atoms with Crippen LogP contribution in [-0.2, 0) is 14.3 Å². The summed E-state index contributed by atoms with van der Waals surface area (Å²) in [6.45, 7) is 6.37. The molecule has 0 radical (unpaired) electrons. The summed E-state index contributed by atoms with van der Waals surface area (Å²) in [4.78, 5) is 38.4. The molecule has 1 spiro atoms. The summed E-state index contributed by atoms with van der Waals surface area (Å²) in [7, 11) is 0. The first kappa shape index (κ1) is 18.0. The number of ether oxygens (including phenoxy) is 2. The van der Waals surface area contributed by atoms with Gasteiger partial charge in [0.05, 0.1) is 24.4 Å². The zero-order valence-corrected chi connectivity index (χ0v) is 15.6. The fraction of sp³-hybridized carbons (Fsp3) is 0.667. The van der Waals surface area contributed by atoms with Gasteiger partial charge in [0, 0.05) is 38.6 Å². The number of morpholine rings is 1. The minimum absolute atomic E-state index is 0.0267. The quantitative estimate of drug-likeness (QED) is 0.757. The van der Waals surface area contributed by atoms with Gasteiger partial charge in [-0.25, -0.2) is 9.78 Å². The summed E-state index contributed by atoms with van der Waals surface area (Å²) in [6.07, 6.45) is 4.57. The molecule has 0 atom stereocenters. The van der Waals surface area contributed by atoms with E-state index in [4.69, 9.17) is 9.47 Å². The first-order chi connectivity index (χ1) is 13.1. The van der Waals surface area contributed by atoms with Crippen molar-refractivity contribution < 1.29 is 19.1 Å². The Hall–Kier alpha value is -2.42. The standard InChI is InChI=1S/C18H25N5O4/c1-14-16(20-5-4-19-14)23-9-11-27-18(13-23)2-6-21(7-3-18)15(24)12-22-8-10-26-17(22)25/h4-5H,2-3,6-13H2,1H3. The zero-order chi connectivity index (χ0) is 18.9. The van der Waals surface area contributed by atoms with Crippen LogP contribution in [0, 0.1) is 6.92 Å². The number of aromatic nitrogens is 2. The van der Waals surface area contributed by atoms with Gasteiger partial charge >= 0.3 is 6.09 Å². The van der Waals surface area contributed by atoms with E-state index in [2.05, 4.69) is 14.9 Å². The van der Waals surface area contributed by atoms with E-state index in [1.165, 1.54) is 4.90 Å². The Balaban J connectivity index is 1.35. The molecule has 0 bridgehead atoms. The van der Waals surface area contributed by atoms with Crippen molar-refractivity contribution in [2.45, 2.75) is 25.4 Å². The summed E-state index contributed by atoms with van der Waals surface area (Å²) in [6, 6.07) is 0. The smallest absolute Gasteiger partial charge is 0.410 e. The number of amides is 2. The Morgan fingerprint density at radius 1 is 1.15 bits per heavy atom. The number of rotatable bonds is 3. The van der Waals surface area contributed by atoms with Crippen LogP contribution in [0.2, 0.25) is 0 Å². The lowest BCUT2D eigenvalue weighted by atomic mass is 9.89. The number of piperidine rings is 1. The monoisotopic (exact) mass is 375 g/mol. The molecule has 2 amide bonds. The van der Waals surface area contributed by atoms with E-state index < -0.39 is 6.09 Å². The van der Waals surface area contributed by atoms with Gasteiger partial charge in [-0.1, -0.05) is 0 Å². The first-order valence-corrected chi connectivity index (χ1v) is 9.42. The maximum absolute atomic E-state index is 12.5. The lowest BCUT2D eigenvalue weighted by molar-refractivity contribution is -0.139. The molecule has 146 valence electrons. The highest BCUT2D eigenvalue weighted by Crippen LogP contribution is 2.32. The molecule has 9 heteroatoms. The van der Waals surface area contributed by atoms with Crippen molar-refractivity contribution in [1.82, 2.24) is 19.8 Å². The van der Waals surface area contributed by atoms with E-state index in [0.29, 0.717) is 32.8 Å². The molecule has 4 heterocycles. The highest BCUT2D eigenvalue weighted by molar-refractivity contribution is 5.83. The number of hydrogen-bond acceptors (Lipinski definition) is 7. The second kappa shape index (κ2) is 7.30. The van der Waals surface area contributed by atoms with Crippen molar-refractivity contribution in [2.75, 3.05) is 57.4 Å². The van der Waals surface area contributed by atoms with E-state index >= 15 is 0 Å². The number of carbonyl (C=O) groups is 2. The van der Waals surface area contributed by atoms with Crippen LogP contribution in [0.5, 0.6) is 0 Å². The van der Waals surface area contributed by atoms with Gasteiger partial charge < -0.3 is 19.3 Å². The highest BCUT2D eigenvalue weighted by atomic mass is 16.6. The van der Waals surface area contributed by atoms with E-state index in [0.717, 1.165) is 37.4 Å². The SMILES string of the molecule is Cc1nccnc1N1CCOC2(CCN(C(=O)CN3CCOC3=O)CC2)C1. The maximum Gasteiger partial charge on any atom is 0.410 e. The second-order valence-corrected chi connectivity index (χ2v) is 7.34. The number of hydrogen-bond donors (Lipinski definition) is 0. The molecule has 0 aromatic carbocycles. The normalized spacial score (nSPS) is 22.3. The third-order valence-corrected chi connectivity index (χ3v) is 5.60. The minimum Gasteiger partial charge on any atom is -0.448 e. The molecule has 3 fully saturated rings. The zero-order valence-electron chi connectivity index (χ0n) is 15.6. The van der Waals surface area contributed by atoms with Gasteiger partial charge in [0.25, 0.3) is 0 Å². The van der Waals surface area contributed by atoms with E-state index in [-0.39, 0.29) is 18.1 Å². The van der Waals surface area contributed by atoms with Gasteiger partial charge in [-0.2, -0.15) is 0 Å². The molecule has 1 aromatic rings. The van der Waals surface area contributed by atoms with Crippen LogP contribution in [0.3, 0.4) is 0 Å². The molecule has 0 unspecified atom stereocenters. The van der Waals surface area contributed by atoms with E-state index in [1.807, 2.05) is 11.8 Å². The van der Waals surface area contributed by atoms with Crippen LogP contribution in [0.25, 0.3) is 0 Å². The molecule has 9 nitrogen and oxygen atoms in total. The second-order valence-electron chi connectivity index (χ2n) is 7.34. The fourth-order valence-corrected chi connectivity index (χ4v) is 4.04. The van der Waals surface area contributed by atoms with Crippen LogP contribution in [0.4, 0.5) is 10.6 Å². The van der Waals surface area contributed by atoms with Crippen LogP contribution < -0.4 is 4.90 Å². The van der Waals surface area contributed by atoms with Gasteiger partial charge in [-0.05, 0) is 19.8 Å². The largest absolute Gasteiger partial charge is 0.448 e. The Labute approximate surface area is 158 Å². The molecule has 1 aromatic heterocycles. The fourth-order valence-electron chi connectivity index (χ4n) is 4.04.